The molecular formula is C25H26F4IN3O2. The van der Waals surface area contributed by atoms with Crippen molar-refractivity contribution in [2.24, 2.45) is 0 Å². The van der Waals surface area contributed by atoms with E-state index >= 15 is 4.39 Å². The Morgan fingerprint density at radius 3 is 2.46 bits per heavy atom. The molecule has 35 heavy (non-hydrogen) atoms. The fourth-order valence-corrected chi connectivity index (χ4v) is 10.9. The zero-order valence-corrected chi connectivity index (χ0v) is 21.2. The first-order chi connectivity index (χ1) is 16.8. The van der Waals surface area contributed by atoms with Crippen LogP contribution in [0.2, 0.25) is 0 Å². The van der Waals surface area contributed by atoms with Crippen molar-refractivity contribution in [3.8, 4) is 5.75 Å². The number of carbonyl (C=O) groups excluding carboxylic acids is 1. The van der Waals surface area contributed by atoms with Gasteiger partial charge in [-0.3, -0.25) is 0 Å². The Balaban J connectivity index is 1.12. The van der Waals surface area contributed by atoms with Crippen molar-refractivity contribution in [3.05, 3.63) is 65.9 Å². The molecule has 5 nitrogen and oxygen atoms in total. The molecule has 0 aliphatic carbocycles. The van der Waals surface area contributed by atoms with Crippen molar-refractivity contribution in [2.75, 3.05) is 21.9 Å². The van der Waals surface area contributed by atoms with Gasteiger partial charge in [-0.15, -0.1) is 0 Å². The van der Waals surface area contributed by atoms with E-state index in [0.717, 1.165) is 18.9 Å². The summed E-state index contributed by atoms with van der Waals surface area (Å²) in [6.07, 6.45) is 6.29. The summed E-state index contributed by atoms with van der Waals surface area (Å²) in [6.45, 7) is 0.512. The number of rotatable bonds is 5. The number of pyridine rings is 1. The first-order valence-corrected chi connectivity index (χ1v) is 16.2. The van der Waals surface area contributed by atoms with E-state index in [4.69, 9.17) is 4.74 Å². The Morgan fingerprint density at radius 2 is 1.77 bits per heavy atom. The van der Waals surface area contributed by atoms with Crippen LogP contribution in [0.15, 0.2) is 42.9 Å². The maximum absolute atomic E-state index is 15.7. The molecule has 3 aromatic rings. The number of fused-ring (bicyclic) bond motifs is 1. The maximum atomic E-state index is 15.7. The van der Waals surface area contributed by atoms with Gasteiger partial charge in [0.25, 0.3) is 0 Å². The van der Waals surface area contributed by atoms with E-state index < -0.39 is 60.7 Å². The van der Waals surface area contributed by atoms with Crippen molar-refractivity contribution >= 4 is 31.4 Å². The number of hydrogen-bond acceptors (Lipinski definition) is 3. The molecule has 0 unspecified atom stereocenters. The normalized spacial score (nSPS) is 19.8. The van der Waals surface area contributed by atoms with Crippen LogP contribution < -0.4 is 4.74 Å². The summed E-state index contributed by atoms with van der Waals surface area (Å²) >= 11 is -1.40. The van der Waals surface area contributed by atoms with Crippen LogP contribution in [0, 0.1) is 17.5 Å². The molecule has 0 saturated carbocycles. The molecule has 0 spiro atoms. The monoisotopic (exact) mass is 603 g/mol. The second kappa shape index (κ2) is 9.94. The second-order valence-corrected chi connectivity index (χ2v) is 15.2. The molecule has 2 saturated heterocycles. The number of amides is 1. The summed E-state index contributed by atoms with van der Waals surface area (Å²) in [5, 5.41) is 0. The molecule has 10 heteroatoms. The molecular weight excluding hydrogens is 577 g/mol. The van der Waals surface area contributed by atoms with E-state index in [2.05, 4.69) is 17.1 Å². The minimum absolute atomic E-state index is 0.255. The van der Waals surface area contributed by atoms with E-state index in [0.29, 0.717) is 25.0 Å². The molecule has 0 N–H and O–H groups in total. The second-order valence-electron chi connectivity index (χ2n) is 9.08. The van der Waals surface area contributed by atoms with Gasteiger partial charge in [0.15, 0.2) is 0 Å². The molecule has 2 fully saturated rings. The average molecular weight is 603 g/mol. The van der Waals surface area contributed by atoms with Gasteiger partial charge in [0.05, 0.1) is 0 Å². The fraction of sp³-hybridized carbons (Fsp3) is 0.440. The van der Waals surface area contributed by atoms with Crippen molar-refractivity contribution in [2.45, 2.75) is 41.9 Å². The van der Waals surface area contributed by atoms with Gasteiger partial charge in [-0.2, -0.15) is 0 Å². The van der Waals surface area contributed by atoms with E-state index in [1.165, 1.54) is 10.5 Å². The minimum atomic E-state index is -1.84. The third-order valence-corrected chi connectivity index (χ3v) is 12.8. The number of piperidine rings is 1. The molecule has 188 valence electrons. The number of imidazole rings is 1. The van der Waals surface area contributed by atoms with Gasteiger partial charge < -0.3 is 0 Å². The van der Waals surface area contributed by atoms with E-state index in [-0.39, 0.29) is 25.9 Å². The number of halogens is 5. The molecule has 5 rings (SSSR count). The SMILES string of the molecule is O=C(N1CCC(Oc2c(F)cc(F)cc2F)CC1)C1(F)CCI(Cc2ccn3ccnc3c2)CC1. The van der Waals surface area contributed by atoms with Gasteiger partial charge in [-0.05, 0) is 0 Å². The Morgan fingerprint density at radius 1 is 1.09 bits per heavy atom. The van der Waals surface area contributed by atoms with Gasteiger partial charge >= 0.3 is 198 Å². The standard InChI is InChI=1S/C25H26F4IN3O2/c26-18-14-20(27)23(21(28)15-18)35-19-2-10-33(11-3-19)24(34)25(29)4-6-30(7-5-25)16-17-1-9-32-12-8-31-22(32)13-17/h1,8-9,12-15,19H,2-7,10-11,16H2. The van der Waals surface area contributed by atoms with Crippen molar-refractivity contribution < 1.29 is 27.1 Å². The number of ether oxygens (including phenoxy) is 1. The molecule has 2 aromatic heterocycles. The van der Waals surface area contributed by atoms with Crippen molar-refractivity contribution in [3.63, 3.8) is 0 Å². The van der Waals surface area contributed by atoms with E-state index in [1.54, 1.807) is 6.20 Å². The molecule has 0 atom stereocenters. The number of benzene rings is 1. The Hall–Kier alpha value is -2.37. The van der Waals surface area contributed by atoms with Crippen LogP contribution in [-0.2, 0) is 9.22 Å². The summed E-state index contributed by atoms with van der Waals surface area (Å²) in [5.74, 6) is -4.32. The summed E-state index contributed by atoms with van der Waals surface area (Å²) < 4.78 is 66.4. The van der Waals surface area contributed by atoms with Crippen molar-refractivity contribution in [1.82, 2.24) is 14.3 Å². The van der Waals surface area contributed by atoms with Crippen LogP contribution in [0.25, 0.3) is 5.65 Å². The van der Waals surface area contributed by atoms with Crippen LogP contribution in [0.4, 0.5) is 17.6 Å². The number of carbonyl (C=O) groups is 1. The zero-order valence-electron chi connectivity index (χ0n) is 19.0. The molecule has 0 radical (unpaired) electrons. The Kier molecular flexibility index (Phi) is 6.91. The molecule has 1 aromatic carbocycles. The molecule has 4 heterocycles. The predicted molar refractivity (Wildman–Crippen MR) is 132 cm³/mol. The molecule has 2 aliphatic rings. The summed E-state index contributed by atoms with van der Waals surface area (Å²) in [7, 11) is 0. The quantitative estimate of drug-likeness (QED) is 0.225. The third kappa shape index (κ3) is 5.26. The first kappa shape index (κ1) is 24.3. The van der Waals surface area contributed by atoms with Gasteiger partial charge in [0.1, 0.15) is 5.82 Å². The van der Waals surface area contributed by atoms with Gasteiger partial charge in [-0.1, -0.05) is 0 Å². The van der Waals surface area contributed by atoms with Crippen LogP contribution in [0.3, 0.4) is 0 Å². The van der Waals surface area contributed by atoms with Crippen LogP contribution in [0.1, 0.15) is 31.2 Å². The van der Waals surface area contributed by atoms with E-state index in [9.17, 15) is 18.0 Å². The predicted octanol–water partition coefficient (Wildman–Crippen LogP) is 5.33. The topological polar surface area (TPSA) is 46.8 Å². The zero-order chi connectivity index (χ0) is 24.6. The Bertz CT molecular complexity index is 1200. The summed E-state index contributed by atoms with van der Waals surface area (Å²) in [5.41, 5.74) is 0.287. The average Bonchev–Trinajstić information content (AvgIpc) is 3.31. The van der Waals surface area contributed by atoms with Gasteiger partial charge in [-0.25, -0.2) is 4.39 Å². The van der Waals surface area contributed by atoms with Crippen molar-refractivity contribution in [1.29, 1.82) is 0 Å². The van der Waals surface area contributed by atoms with Crippen LogP contribution >= 0.6 is 19.8 Å². The summed E-state index contributed by atoms with van der Waals surface area (Å²) in [6, 6.07) is 5.31. The molecule has 0 bridgehead atoms. The fourth-order valence-electron chi connectivity index (χ4n) is 4.66. The third-order valence-electron chi connectivity index (χ3n) is 6.68. The van der Waals surface area contributed by atoms with Crippen LogP contribution in [0.5, 0.6) is 5.75 Å². The molecule has 2 aliphatic heterocycles. The van der Waals surface area contributed by atoms with E-state index in [1.807, 2.05) is 16.8 Å². The van der Waals surface area contributed by atoms with Gasteiger partial charge in [0.2, 0.25) is 0 Å². The first-order valence-electron chi connectivity index (χ1n) is 11.6. The number of alkyl halides is 4. The number of aromatic nitrogens is 2. The van der Waals surface area contributed by atoms with Crippen LogP contribution in [-0.4, -0.2) is 53.9 Å². The van der Waals surface area contributed by atoms with Gasteiger partial charge in [0, 0.05) is 0 Å². The Labute approximate surface area is 207 Å². The molecule has 1 amide bonds. The number of nitrogens with zero attached hydrogens (tertiary/aromatic N) is 3. The number of likely N-dealkylation sites (tertiary alicyclic amines) is 1. The number of hydrogen-bond donors (Lipinski definition) is 0. The summed E-state index contributed by atoms with van der Waals surface area (Å²) in [4.78, 5) is 18.8.